The molecule has 98 valence electrons. The van der Waals surface area contributed by atoms with Gasteiger partial charge in [0.1, 0.15) is 5.76 Å². The van der Waals surface area contributed by atoms with Crippen molar-refractivity contribution in [3.8, 4) is 0 Å². The van der Waals surface area contributed by atoms with Gasteiger partial charge >= 0.3 is 0 Å². The number of likely N-dealkylation sites (N-methyl/N-ethyl adjacent to an activating group) is 1. The first-order valence-corrected chi connectivity index (χ1v) is 6.49. The number of furan rings is 1. The van der Waals surface area contributed by atoms with E-state index in [9.17, 15) is 0 Å². The Morgan fingerprint density at radius 3 is 2.59 bits per heavy atom. The Hall–Kier alpha value is -0.800. The van der Waals surface area contributed by atoms with Crippen molar-refractivity contribution in [1.29, 1.82) is 0 Å². The zero-order chi connectivity index (χ0) is 12.8. The Labute approximate surface area is 105 Å². The Morgan fingerprint density at radius 2 is 2.06 bits per heavy atom. The number of nitrogens with zero attached hydrogens (tertiary/aromatic N) is 1. The van der Waals surface area contributed by atoms with E-state index in [2.05, 4.69) is 32.7 Å². The third-order valence-electron chi connectivity index (χ3n) is 3.50. The summed E-state index contributed by atoms with van der Waals surface area (Å²) in [5, 5.41) is 0. The molecule has 0 aliphatic heterocycles. The molecule has 0 saturated carbocycles. The summed E-state index contributed by atoms with van der Waals surface area (Å²) >= 11 is 0. The van der Waals surface area contributed by atoms with Gasteiger partial charge < -0.3 is 15.1 Å². The van der Waals surface area contributed by atoms with Crippen LogP contribution in [0.15, 0.2) is 22.8 Å². The van der Waals surface area contributed by atoms with E-state index >= 15 is 0 Å². The monoisotopic (exact) mass is 238 g/mol. The van der Waals surface area contributed by atoms with Crippen molar-refractivity contribution < 1.29 is 4.42 Å². The molecule has 0 radical (unpaired) electrons. The van der Waals surface area contributed by atoms with Crippen LogP contribution < -0.4 is 5.73 Å². The predicted octanol–water partition coefficient (Wildman–Crippen LogP) is 2.52. The lowest BCUT2D eigenvalue weighted by Crippen LogP contribution is -2.36. The van der Waals surface area contributed by atoms with E-state index in [1.54, 1.807) is 6.26 Å². The summed E-state index contributed by atoms with van der Waals surface area (Å²) in [4.78, 5) is 2.35. The van der Waals surface area contributed by atoms with Crippen molar-refractivity contribution in [2.45, 2.75) is 45.7 Å². The fraction of sp³-hybridized carbons (Fsp3) is 0.714. The first-order valence-electron chi connectivity index (χ1n) is 6.49. The molecule has 0 fully saturated rings. The second kappa shape index (κ2) is 6.82. The van der Waals surface area contributed by atoms with Crippen molar-refractivity contribution in [1.82, 2.24) is 4.90 Å². The molecule has 0 saturated heterocycles. The standard InChI is InChI=1S/C14H26N2O/c1-11(2)14(15)7-8-16(4)12(3)10-13-6-5-9-17-13/h5-6,9,11-12,14H,7-8,10,15H2,1-4H3. The lowest BCUT2D eigenvalue weighted by molar-refractivity contribution is 0.232. The van der Waals surface area contributed by atoms with Gasteiger partial charge in [0.2, 0.25) is 0 Å². The van der Waals surface area contributed by atoms with E-state index in [0.717, 1.165) is 25.1 Å². The maximum Gasteiger partial charge on any atom is 0.105 e. The van der Waals surface area contributed by atoms with Gasteiger partial charge in [-0.2, -0.15) is 0 Å². The van der Waals surface area contributed by atoms with Crippen molar-refractivity contribution in [3.05, 3.63) is 24.2 Å². The van der Waals surface area contributed by atoms with Gasteiger partial charge in [0.25, 0.3) is 0 Å². The van der Waals surface area contributed by atoms with E-state index in [1.165, 1.54) is 0 Å². The molecular formula is C14H26N2O. The molecule has 2 unspecified atom stereocenters. The summed E-state index contributed by atoms with van der Waals surface area (Å²) in [5.74, 6) is 1.61. The summed E-state index contributed by atoms with van der Waals surface area (Å²) in [6.07, 6.45) is 3.74. The minimum Gasteiger partial charge on any atom is -0.469 e. The Bertz CT molecular complexity index is 295. The maximum absolute atomic E-state index is 6.06. The first kappa shape index (κ1) is 14.3. The van der Waals surface area contributed by atoms with Crippen molar-refractivity contribution in [3.63, 3.8) is 0 Å². The summed E-state index contributed by atoms with van der Waals surface area (Å²) in [5.41, 5.74) is 6.06. The quantitative estimate of drug-likeness (QED) is 0.793. The van der Waals surface area contributed by atoms with Gasteiger partial charge in [-0.3, -0.25) is 0 Å². The highest BCUT2D eigenvalue weighted by Crippen LogP contribution is 2.10. The Balaban J connectivity index is 2.29. The summed E-state index contributed by atoms with van der Waals surface area (Å²) in [7, 11) is 2.15. The lowest BCUT2D eigenvalue weighted by Gasteiger charge is -2.26. The minimum absolute atomic E-state index is 0.299. The number of nitrogens with two attached hydrogens (primary N) is 1. The van der Waals surface area contributed by atoms with Crippen LogP contribution in [0.2, 0.25) is 0 Å². The van der Waals surface area contributed by atoms with Crippen LogP contribution in [-0.4, -0.2) is 30.6 Å². The second-order valence-corrected chi connectivity index (χ2v) is 5.31. The van der Waals surface area contributed by atoms with Gasteiger partial charge in [0.05, 0.1) is 6.26 Å². The molecule has 1 aromatic rings. The molecule has 1 rings (SSSR count). The van der Waals surface area contributed by atoms with Gasteiger partial charge in [0.15, 0.2) is 0 Å². The van der Waals surface area contributed by atoms with Gasteiger partial charge in [-0.15, -0.1) is 0 Å². The van der Waals surface area contributed by atoms with Crippen molar-refractivity contribution in [2.24, 2.45) is 11.7 Å². The van der Waals surface area contributed by atoms with Gasteiger partial charge in [-0.1, -0.05) is 13.8 Å². The van der Waals surface area contributed by atoms with Crippen LogP contribution in [0.5, 0.6) is 0 Å². The fourth-order valence-corrected chi connectivity index (χ4v) is 1.78. The van der Waals surface area contributed by atoms with E-state index in [0.29, 0.717) is 18.0 Å². The Morgan fingerprint density at radius 1 is 1.35 bits per heavy atom. The highest BCUT2D eigenvalue weighted by molar-refractivity contribution is 5.00. The second-order valence-electron chi connectivity index (χ2n) is 5.31. The summed E-state index contributed by atoms with van der Waals surface area (Å²) in [6, 6.07) is 4.76. The zero-order valence-electron chi connectivity index (χ0n) is 11.5. The smallest absolute Gasteiger partial charge is 0.105 e. The SMILES string of the molecule is CC(C)C(N)CCN(C)C(C)Cc1ccco1. The summed E-state index contributed by atoms with van der Waals surface area (Å²) in [6.45, 7) is 7.62. The van der Waals surface area contributed by atoms with Crippen LogP contribution in [-0.2, 0) is 6.42 Å². The number of hydrogen-bond acceptors (Lipinski definition) is 3. The third-order valence-corrected chi connectivity index (χ3v) is 3.50. The largest absolute Gasteiger partial charge is 0.469 e. The van der Waals surface area contributed by atoms with Crippen LogP contribution >= 0.6 is 0 Å². The van der Waals surface area contributed by atoms with Gasteiger partial charge in [0, 0.05) is 18.5 Å². The molecule has 3 nitrogen and oxygen atoms in total. The van der Waals surface area contributed by atoms with E-state index in [4.69, 9.17) is 10.2 Å². The molecule has 0 aliphatic carbocycles. The van der Waals surface area contributed by atoms with E-state index in [-0.39, 0.29) is 0 Å². The van der Waals surface area contributed by atoms with Crippen molar-refractivity contribution in [2.75, 3.05) is 13.6 Å². The third kappa shape index (κ3) is 4.92. The van der Waals surface area contributed by atoms with Crippen LogP contribution in [0.3, 0.4) is 0 Å². The molecule has 0 aliphatic rings. The highest BCUT2D eigenvalue weighted by atomic mass is 16.3. The van der Waals surface area contributed by atoms with Crippen molar-refractivity contribution >= 4 is 0 Å². The van der Waals surface area contributed by atoms with Gasteiger partial charge in [-0.05, 0) is 45.0 Å². The molecule has 2 N–H and O–H groups in total. The molecule has 3 heteroatoms. The zero-order valence-corrected chi connectivity index (χ0v) is 11.5. The molecule has 17 heavy (non-hydrogen) atoms. The molecule has 1 aromatic heterocycles. The average Bonchev–Trinajstić information content (AvgIpc) is 2.77. The fourth-order valence-electron chi connectivity index (χ4n) is 1.78. The Kier molecular flexibility index (Phi) is 5.72. The molecular weight excluding hydrogens is 212 g/mol. The lowest BCUT2D eigenvalue weighted by atomic mass is 10.0. The normalized spacial score (nSPS) is 15.5. The van der Waals surface area contributed by atoms with Gasteiger partial charge in [-0.25, -0.2) is 0 Å². The van der Waals surface area contributed by atoms with Crippen LogP contribution in [0.25, 0.3) is 0 Å². The first-order chi connectivity index (χ1) is 8.00. The average molecular weight is 238 g/mol. The van der Waals surface area contributed by atoms with Crippen LogP contribution in [0.1, 0.15) is 33.0 Å². The number of hydrogen-bond donors (Lipinski definition) is 1. The molecule has 0 bridgehead atoms. The maximum atomic E-state index is 6.06. The van der Waals surface area contributed by atoms with E-state index in [1.807, 2.05) is 12.1 Å². The highest BCUT2D eigenvalue weighted by Gasteiger charge is 2.14. The minimum atomic E-state index is 0.299. The molecule has 1 heterocycles. The topological polar surface area (TPSA) is 42.4 Å². The molecule has 2 atom stereocenters. The number of rotatable bonds is 7. The van der Waals surface area contributed by atoms with Crippen LogP contribution in [0, 0.1) is 5.92 Å². The summed E-state index contributed by atoms with van der Waals surface area (Å²) < 4.78 is 5.37. The van der Waals surface area contributed by atoms with E-state index < -0.39 is 0 Å². The molecule has 0 amide bonds. The van der Waals surface area contributed by atoms with Crippen LogP contribution in [0.4, 0.5) is 0 Å². The molecule has 0 aromatic carbocycles. The molecule has 0 spiro atoms. The predicted molar refractivity (Wildman–Crippen MR) is 71.9 cm³/mol.